The van der Waals surface area contributed by atoms with Gasteiger partial charge in [-0.15, -0.1) is 0 Å². The van der Waals surface area contributed by atoms with Crippen LogP contribution in [-0.2, 0) is 0 Å². The summed E-state index contributed by atoms with van der Waals surface area (Å²) in [7, 11) is 3.10. The van der Waals surface area contributed by atoms with Gasteiger partial charge in [0.2, 0.25) is 0 Å². The first-order chi connectivity index (χ1) is 16.2. The van der Waals surface area contributed by atoms with Crippen molar-refractivity contribution >= 4 is 0 Å². The summed E-state index contributed by atoms with van der Waals surface area (Å²) in [4.78, 5) is 14.0. The highest BCUT2D eigenvalue weighted by Gasteiger charge is 2.20. The second-order valence-corrected chi connectivity index (χ2v) is 8.20. The first-order valence-electron chi connectivity index (χ1n) is 10.8. The van der Waals surface area contributed by atoms with Crippen molar-refractivity contribution in [1.29, 1.82) is 0 Å². The quantitative estimate of drug-likeness (QED) is 0.406. The summed E-state index contributed by atoms with van der Waals surface area (Å²) < 4.78 is 10.6. The van der Waals surface area contributed by atoms with Crippen molar-refractivity contribution in [2.24, 2.45) is 0 Å². The Bertz CT molecular complexity index is 1320. The molecule has 0 radical (unpaired) electrons. The molecule has 7 heteroatoms. The van der Waals surface area contributed by atoms with Crippen LogP contribution in [0, 0.1) is 27.7 Å². The van der Waals surface area contributed by atoms with Crippen molar-refractivity contribution in [3.05, 3.63) is 64.7 Å². The van der Waals surface area contributed by atoms with Crippen LogP contribution in [0.15, 0.2) is 42.5 Å². The summed E-state index contributed by atoms with van der Waals surface area (Å²) in [5.41, 5.74) is 5.02. The van der Waals surface area contributed by atoms with Crippen molar-refractivity contribution in [3.8, 4) is 57.2 Å². The molecule has 34 heavy (non-hydrogen) atoms. The predicted octanol–water partition coefficient (Wildman–Crippen LogP) is 5.53. The number of aromatic hydroxyl groups is 2. The molecular weight excluding hydrogens is 430 g/mol. The summed E-state index contributed by atoms with van der Waals surface area (Å²) in [6, 6.07) is 13.0. The van der Waals surface area contributed by atoms with E-state index in [9.17, 15) is 10.2 Å². The van der Waals surface area contributed by atoms with E-state index in [1.165, 1.54) is 0 Å². The standard InChI is InChI=1S/C27H27N3O4/c1-14-7-8-18(15(2)13-14)25-28-26(19-9-11-21(33-5)16(3)23(19)31)30-27(29-25)20-10-12-22(34-6)17(4)24(20)32/h7-13,31-32H,1-6H3. The Labute approximate surface area is 198 Å². The van der Waals surface area contributed by atoms with Crippen LogP contribution in [0.1, 0.15) is 22.3 Å². The highest BCUT2D eigenvalue weighted by atomic mass is 16.5. The predicted molar refractivity (Wildman–Crippen MR) is 132 cm³/mol. The molecule has 0 fully saturated rings. The van der Waals surface area contributed by atoms with Crippen LogP contribution in [0.25, 0.3) is 34.2 Å². The molecule has 4 rings (SSSR count). The van der Waals surface area contributed by atoms with Crippen LogP contribution in [-0.4, -0.2) is 39.4 Å². The number of phenolic OH excluding ortho intramolecular Hbond substituents is 2. The van der Waals surface area contributed by atoms with Crippen LogP contribution in [0.2, 0.25) is 0 Å². The molecule has 2 N–H and O–H groups in total. The minimum atomic E-state index is 0.0261. The van der Waals surface area contributed by atoms with Gasteiger partial charge in [0.25, 0.3) is 0 Å². The average molecular weight is 458 g/mol. The molecule has 7 nitrogen and oxygen atoms in total. The van der Waals surface area contributed by atoms with E-state index in [-0.39, 0.29) is 23.1 Å². The Morgan fingerprint density at radius 1 is 0.588 bits per heavy atom. The molecule has 174 valence electrons. The van der Waals surface area contributed by atoms with Crippen LogP contribution in [0.5, 0.6) is 23.0 Å². The van der Waals surface area contributed by atoms with Crippen molar-refractivity contribution in [1.82, 2.24) is 15.0 Å². The summed E-state index contributed by atoms with van der Waals surface area (Å²) in [6.45, 7) is 7.56. The lowest BCUT2D eigenvalue weighted by Gasteiger charge is -2.14. The summed E-state index contributed by atoms with van der Waals surface area (Å²) in [5.74, 6) is 2.20. The fourth-order valence-corrected chi connectivity index (χ4v) is 3.97. The monoisotopic (exact) mass is 457 g/mol. The highest BCUT2D eigenvalue weighted by Crippen LogP contribution is 2.39. The van der Waals surface area contributed by atoms with Crippen LogP contribution in [0.3, 0.4) is 0 Å². The summed E-state index contributed by atoms with van der Waals surface area (Å²) in [6.07, 6.45) is 0. The van der Waals surface area contributed by atoms with E-state index in [0.717, 1.165) is 16.7 Å². The van der Waals surface area contributed by atoms with Gasteiger partial charge in [-0.2, -0.15) is 0 Å². The lowest BCUT2D eigenvalue weighted by Crippen LogP contribution is -2.02. The Hall–Kier alpha value is -4.13. The van der Waals surface area contributed by atoms with Crippen molar-refractivity contribution < 1.29 is 19.7 Å². The molecule has 0 aliphatic heterocycles. The smallest absolute Gasteiger partial charge is 0.167 e. The molecule has 0 atom stereocenters. The third kappa shape index (κ3) is 4.01. The summed E-state index contributed by atoms with van der Waals surface area (Å²) in [5, 5.41) is 21.8. The maximum absolute atomic E-state index is 10.9. The van der Waals surface area contributed by atoms with Gasteiger partial charge in [0.15, 0.2) is 17.5 Å². The zero-order chi connectivity index (χ0) is 24.6. The number of aromatic nitrogens is 3. The summed E-state index contributed by atoms with van der Waals surface area (Å²) >= 11 is 0. The second kappa shape index (κ2) is 9.02. The lowest BCUT2D eigenvalue weighted by molar-refractivity contribution is 0.403. The van der Waals surface area contributed by atoms with E-state index in [1.807, 2.05) is 26.0 Å². The first-order valence-corrected chi connectivity index (χ1v) is 10.8. The zero-order valence-corrected chi connectivity index (χ0v) is 20.1. The molecule has 0 bridgehead atoms. The number of benzene rings is 3. The normalized spacial score (nSPS) is 10.9. The number of hydrogen-bond donors (Lipinski definition) is 2. The zero-order valence-electron chi connectivity index (χ0n) is 20.1. The van der Waals surface area contributed by atoms with E-state index in [1.54, 1.807) is 52.3 Å². The number of phenols is 2. The lowest BCUT2D eigenvalue weighted by atomic mass is 10.0. The second-order valence-electron chi connectivity index (χ2n) is 8.20. The molecule has 0 spiro atoms. The van der Waals surface area contributed by atoms with Crippen molar-refractivity contribution in [3.63, 3.8) is 0 Å². The molecular formula is C27H27N3O4. The van der Waals surface area contributed by atoms with E-state index in [4.69, 9.17) is 19.4 Å². The van der Waals surface area contributed by atoms with E-state index < -0.39 is 0 Å². The van der Waals surface area contributed by atoms with Gasteiger partial charge in [0.05, 0.1) is 25.3 Å². The Kier molecular flexibility index (Phi) is 6.11. The number of nitrogens with zero attached hydrogens (tertiary/aromatic N) is 3. The molecule has 0 saturated heterocycles. The van der Waals surface area contributed by atoms with Gasteiger partial charge in [-0.05, 0) is 57.5 Å². The first kappa shape index (κ1) is 23.0. The minimum Gasteiger partial charge on any atom is -0.507 e. The molecule has 0 aliphatic carbocycles. The van der Waals surface area contributed by atoms with E-state index >= 15 is 0 Å². The Balaban J connectivity index is 2.00. The highest BCUT2D eigenvalue weighted by molar-refractivity contribution is 5.75. The Morgan fingerprint density at radius 3 is 1.41 bits per heavy atom. The van der Waals surface area contributed by atoms with Gasteiger partial charge >= 0.3 is 0 Å². The number of ether oxygens (including phenoxy) is 2. The molecule has 1 heterocycles. The fourth-order valence-electron chi connectivity index (χ4n) is 3.97. The third-order valence-electron chi connectivity index (χ3n) is 5.94. The van der Waals surface area contributed by atoms with Crippen LogP contribution < -0.4 is 9.47 Å². The number of methoxy groups -OCH3 is 2. The molecule has 3 aromatic carbocycles. The largest absolute Gasteiger partial charge is 0.507 e. The van der Waals surface area contributed by atoms with Gasteiger partial charge in [-0.3, -0.25) is 0 Å². The average Bonchev–Trinajstić information content (AvgIpc) is 2.82. The molecule has 0 saturated carbocycles. The van der Waals surface area contributed by atoms with Gasteiger partial charge in [0, 0.05) is 16.7 Å². The third-order valence-corrected chi connectivity index (χ3v) is 5.94. The van der Waals surface area contributed by atoms with Crippen molar-refractivity contribution in [2.45, 2.75) is 27.7 Å². The maximum atomic E-state index is 10.9. The molecule has 1 aromatic heterocycles. The molecule has 0 aliphatic rings. The van der Waals surface area contributed by atoms with Crippen molar-refractivity contribution in [2.75, 3.05) is 14.2 Å². The van der Waals surface area contributed by atoms with Gasteiger partial charge in [0.1, 0.15) is 23.0 Å². The minimum absolute atomic E-state index is 0.0261. The van der Waals surface area contributed by atoms with Gasteiger partial charge in [-0.1, -0.05) is 23.8 Å². The van der Waals surface area contributed by atoms with Crippen LogP contribution in [0.4, 0.5) is 0 Å². The topological polar surface area (TPSA) is 97.6 Å². The van der Waals surface area contributed by atoms with E-state index in [0.29, 0.717) is 39.6 Å². The number of hydrogen-bond acceptors (Lipinski definition) is 7. The Morgan fingerprint density at radius 2 is 1.00 bits per heavy atom. The van der Waals surface area contributed by atoms with Gasteiger partial charge in [-0.25, -0.2) is 15.0 Å². The van der Waals surface area contributed by atoms with E-state index in [2.05, 4.69) is 11.1 Å². The number of rotatable bonds is 5. The molecule has 0 amide bonds. The van der Waals surface area contributed by atoms with Gasteiger partial charge < -0.3 is 19.7 Å². The van der Waals surface area contributed by atoms with Crippen LogP contribution >= 0.6 is 0 Å². The molecule has 4 aromatic rings. The molecule has 0 unspecified atom stereocenters. The maximum Gasteiger partial charge on any atom is 0.167 e. The SMILES string of the molecule is COc1ccc(-c2nc(-c3ccc(C)cc3C)nc(-c3ccc(OC)c(C)c3O)n2)c(O)c1C. The fraction of sp³-hybridized carbons (Fsp3) is 0.222. The number of aryl methyl sites for hydroxylation is 2.